The van der Waals surface area contributed by atoms with E-state index in [0.717, 1.165) is 11.0 Å². The van der Waals surface area contributed by atoms with Gasteiger partial charge in [-0.1, -0.05) is 18.2 Å². The Labute approximate surface area is 109 Å². The van der Waals surface area contributed by atoms with Crippen molar-refractivity contribution in [1.29, 1.82) is 0 Å². The van der Waals surface area contributed by atoms with E-state index >= 15 is 0 Å². The number of imidazole rings is 1. The Kier molecular flexibility index (Phi) is 2.80. The lowest BCUT2D eigenvalue weighted by molar-refractivity contribution is 0.688. The first kappa shape index (κ1) is 11.3. The maximum absolute atomic E-state index is 12.4. The summed E-state index contributed by atoms with van der Waals surface area (Å²) in [6.07, 6.45) is 0. The molecule has 0 amide bonds. The van der Waals surface area contributed by atoms with Crippen molar-refractivity contribution in [2.24, 2.45) is 0 Å². The van der Waals surface area contributed by atoms with Gasteiger partial charge in [-0.15, -0.1) is 11.3 Å². The highest BCUT2D eigenvalue weighted by molar-refractivity contribution is 7.09. The van der Waals surface area contributed by atoms with Gasteiger partial charge in [-0.25, -0.2) is 4.79 Å². The number of para-hydroxylation sites is 2. The Morgan fingerprint density at radius 2 is 1.78 bits per heavy atom. The number of rotatable bonds is 3. The van der Waals surface area contributed by atoms with Crippen LogP contribution in [-0.2, 0) is 13.1 Å². The largest absolute Gasteiger partial charge is 0.329 e. The topological polar surface area (TPSA) is 26.9 Å². The van der Waals surface area contributed by atoms with Crippen molar-refractivity contribution in [3.05, 3.63) is 57.1 Å². The third-order valence-electron chi connectivity index (χ3n) is 3.14. The van der Waals surface area contributed by atoms with Gasteiger partial charge in [-0.2, -0.15) is 0 Å². The second kappa shape index (κ2) is 4.46. The molecule has 0 fully saturated rings. The van der Waals surface area contributed by atoms with Gasteiger partial charge >= 0.3 is 5.69 Å². The summed E-state index contributed by atoms with van der Waals surface area (Å²) < 4.78 is 3.67. The van der Waals surface area contributed by atoms with Gasteiger partial charge in [0.05, 0.1) is 17.6 Å². The molecule has 3 nitrogen and oxygen atoms in total. The number of fused-ring (bicyclic) bond motifs is 1. The van der Waals surface area contributed by atoms with Gasteiger partial charge in [0.25, 0.3) is 0 Å². The minimum absolute atomic E-state index is 0.0760. The average molecular weight is 258 g/mol. The van der Waals surface area contributed by atoms with Crippen molar-refractivity contribution in [1.82, 2.24) is 9.13 Å². The van der Waals surface area contributed by atoms with Gasteiger partial charge in [0.15, 0.2) is 0 Å². The van der Waals surface area contributed by atoms with Crippen LogP contribution < -0.4 is 5.69 Å². The zero-order chi connectivity index (χ0) is 12.5. The lowest BCUT2D eigenvalue weighted by atomic mass is 10.3. The average Bonchev–Trinajstić information content (AvgIpc) is 2.98. The van der Waals surface area contributed by atoms with Crippen molar-refractivity contribution >= 4 is 22.4 Å². The molecule has 0 N–H and O–H groups in total. The van der Waals surface area contributed by atoms with Crippen molar-refractivity contribution in [3.63, 3.8) is 0 Å². The van der Waals surface area contributed by atoms with E-state index < -0.39 is 0 Å². The van der Waals surface area contributed by atoms with Crippen LogP contribution in [0.2, 0.25) is 0 Å². The Morgan fingerprint density at radius 3 is 2.39 bits per heavy atom. The van der Waals surface area contributed by atoms with Crippen molar-refractivity contribution in [2.75, 3.05) is 0 Å². The van der Waals surface area contributed by atoms with E-state index in [-0.39, 0.29) is 5.69 Å². The highest BCUT2D eigenvalue weighted by Crippen LogP contribution is 2.16. The first-order valence-corrected chi connectivity index (χ1v) is 6.89. The van der Waals surface area contributed by atoms with Gasteiger partial charge in [0, 0.05) is 11.4 Å². The third-order valence-corrected chi connectivity index (χ3v) is 4.00. The highest BCUT2D eigenvalue weighted by Gasteiger charge is 2.11. The maximum atomic E-state index is 12.4. The minimum Gasteiger partial charge on any atom is -0.292 e. The van der Waals surface area contributed by atoms with Crippen LogP contribution >= 0.6 is 11.3 Å². The molecule has 4 heteroatoms. The molecule has 18 heavy (non-hydrogen) atoms. The monoisotopic (exact) mass is 258 g/mol. The van der Waals surface area contributed by atoms with Gasteiger partial charge in [-0.3, -0.25) is 9.13 Å². The summed E-state index contributed by atoms with van der Waals surface area (Å²) in [5.74, 6) is 0. The molecule has 0 saturated carbocycles. The Hall–Kier alpha value is -1.81. The van der Waals surface area contributed by atoms with Crippen LogP contribution in [0.3, 0.4) is 0 Å². The van der Waals surface area contributed by atoms with Gasteiger partial charge in [-0.05, 0) is 30.5 Å². The smallest absolute Gasteiger partial charge is 0.292 e. The molecule has 3 aromatic rings. The predicted octanol–water partition coefficient (Wildman–Crippen LogP) is 2.93. The summed E-state index contributed by atoms with van der Waals surface area (Å²) in [5.41, 5.74) is 2.10. The number of hydrogen-bond donors (Lipinski definition) is 0. The number of benzene rings is 1. The van der Waals surface area contributed by atoms with Gasteiger partial charge < -0.3 is 0 Å². The number of hydrogen-bond acceptors (Lipinski definition) is 2. The molecule has 92 valence electrons. The predicted molar refractivity (Wildman–Crippen MR) is 75.3 cm³/mol. The maximum Gasteiger partial charge on any atom is 0.329 e. The summed E-state index contributed by atoms with van der Waals surface area (Å²) in [4.78, 5) is 13.6. The van der Waals surface area contributed by atoms with Crippen LogP contribution in [0.1, 0.15) is 11.8 Å². The summed E-state index contributed by atoms with van der Waals surface area (Å²) in [7, 11) is 0. The number of aromatic nitrogens is 2. The molecule has 0 aliphatic carbocycles. The summed E-state index contributed by atoms with van der Waals surface area (Å²) in [6.45, 7) is 3.37. The van der Waals surface area contributed by atoms with E-state index in [1.165, 1.54) is 4.88 Å². The van der Waals surface area contributed by atoms with E-state index in [0.29, 0.717) is 13.1 Å². The van der Waals surface area contributed by atoms with Crippen molar-refractivity contribution < 1.29 is 0 Å². The molecule has 2 aromatic heterocycles. The van der Waals surface area contributed by atoms with Crippen LogP contribution in [0.5, 0.6) is 0 Å². The zero-order valence-electron chi connectivity index (χ0n) is 10.2. The molecule has 0 bridgehead atoms. The first-order chi connectivity index (χ1) is 8.81. The lowest BCUT2D eigenvalue weighted by Crippen LogP contribution is -2.23. The zero-order valence-corrected chi connectivity index (χ0v) is 11.0. The van der Waals surface area contributed by atoms with Crippen LogP contribution in [0, 0.1) is 0 Å². The molecule has 3 rings (SSSR count). The minimum atomic E-state index is 0.0760. The summed E-state index contributed by atoms with van der Waals surface area (Å²) >= 11 is 1.68. The molecule has 2 heterocycles. The van der Waals surface area contributed by atoms with E-state index in [2.05, 4.69) is 6.07 Å². The molecule has 0 unspecified atom stereocenters. The third kappa shape index (κ3) is 1.69. The van der Waals surface area contributed by atoms with Crippen LogP contribution in [0.4, 0.5) is 0 Å². The number of nitrogens with zero attached hydrogens (tertiary/aromatic N) is 2. The fourth-order valence-corrected chi connectivity index (χ4v) is 2.98. The Bertz CT molecular complexity index is 722. The van der Waals surface area contributed by atoms with E-state index in [1.54, 1.807) is 11.3 Å². The van der Waals surface area contributed by atoms with E-state index in [1.807, 2.05) is 51.8 Å². The van der Waals surface area contributed by atoms with Crippen LogP contribution in [0.25, 0.3) is 11.0 Å². The first-order valence-electron chi connectivity index (χ1n) is 6.01. The number of thiophene rings is 1. The Morgan fingerprint density at radius 1 is 1.06 bits per heavy atom. The standard InChI is InChI=1S/C14H14N2OS/c1-2-15-12-7-3-4-8-13(12)16(14(15)17)10-11-6-5-9-18-11/h3-9H,2,10H2,1H3. The molecular formula is C14H14N2OS. The van der Waals surface area contributed by atoms with E-state index in [9.17, 15) is 4.79 Å². The lowest BCUT2D eigenvalue weighted by Gasteiger charge is -2.00. The Balaban J connectivity index is 2.22. The normalized spacial score (nSPS) is 11.2. The summed E-state index contributed by atoms with van der Waals surface area (Å²) in [5, 5.41) is 2.04. The molecular weight excluding hydrogens is 244 g/mol. The molecule has 0 atom stereocenters. The molecule has 1 aromatic carbocycles. The molecule has 0 spiro atoms. The van der Waals surface area contributed by atoms with Gasteiger partial charge in [0.2, 0.25) is 0 Å². The van der Waals surface area contributed by atoms with Crippen molar-refractivity contribution in [2.45, 2.75) is 20.0 Å². The molecule has 0 saturated heterocycles. The van der Waals surface area contributed by atoms with Gasteiger partial charge in [0.1, 0.15) is 0 Å². The number of aryl methyl sites for hydroxylation is 1. The van der Waals surface area contributed by atoms with Crippen LogP contribution in [-0.4, -0.2) is 9.13 Å². The SMILES string of the molecule is CCn1c(=O)n(Cc2cccs2)c2ccccc21. The molecule has 0 aliphatic heterocycles. The quantitative estimate of drug-likeness (QED) is 0.709. The van der Waals surface area contributed by atoms with Crippen molar-refractivity contribution in [3.8, 4) is 0 Å². The van der Waals surface area contributed by atoms with E-state index in [4.69, 9.17) is 0 Å². The summed E-state index contributed by atoms with van der Waals surface area (Å²) in [6, 6.07) is 12.1. The highest BCUT2D eigenvalue weighted by atomic mass is 32.1. The van der Waals surface area contributed by atoms with Crippen LogP contribution in [0.15, 0.2) is 46.6 Å². The second-order valence-electron chi connectivity index (χ2n) is 4.18. The fraction of sp³-hybridized carbons (Fsp3) is 0.214. The molecule has 0 radical (unpaired) electrons. The fourth-order valence-electron chi connectivity index (χ4n) is 2.29. The molecule has 0 aliphatic rings. The second-order valence-corrected chi connectivity index (χ2v) is 5.21.